The molecule has 2 atom stereocenters. The molecule has 0 aliphatic carbocycles. The molecule has 0 radical (unpaired) electrons. The Hall–Kier alpha value is -2.63. The van der Waals surface area contributed by atoms with E-state index in [1.165, 1.54) is 4.90 Å². The average Bonchev–Trinajstić information content (AvgIpc) is 3.21. The van der Waals surface area contributed by atoms with Crippen molar-refractivity contribution >= 4 is 11.8 Å². The summed E-state index contributed by atoms with van der Waals surface area (Å²) in [6.07, 6.45) is 1.33. The van der Waals surface area contributed by atoms with Crippen LogP contribution in [0, 0.1) is 0 Å². The second kappa shape index (κ2) is 7.51. The van der Waals surface area contributed by atoms with Crippen molar-refractivity contribution in [3.05, 3.63) is 59.9 Å². The van der Waals surface area contributed by atoms with Crippen LogP contribution in [0.1, 0.15) is 22.5 Å². The minimum Gasteiger partial charge on any atom is -0.354 e. The van der Waals surface area contributed by atoms with Crippen molar-refractivity contribution in [2.45, 2.75) is 25.1 Å². The van der Waals surface area contributed by atoms with Gasteiger partial charge >= 0.3 is 0 Å². The lowest BCUT2D eigenvalue weighted by atomic mass is 10.1. The lowest BCUT2D eigenvalue weighted by molar-refractivity contribution is -0.124. The fraction of sp³-hybridized carbons (Fsp3) is 0.368. The van der Waals surface area contributed by atoms with Gasteiger partial charge in [-0.3, -0.25) is 9.59 Å². The minimum atomic E-state index is -1.17. The highest BCUT2D eigenvalue weighted by Gasteiger charge is 2.40. The Morgan fingerprint density at radius 1 is 1.20 bits per heavy atom. The first kappa shape index (κ1) is 17.2. The molecule has 1 aliphatic heterocycles. The monoisotopic (exact) mass is 343 g/mol. The van der Waals surface area contributed by atoms with E-state index in [-0.39, 0.29) is 24.8 Å². The molecule has 2 aromatic rings. The van der Waals surface area contributed by atoms with E-state index in [0.717, 1.165) is 5.56 Å². The smallest absolute Gasteiger partial charge is 0.271 e. The Kier molecular flexibility index (Phi) is 5.16. The van der Waals surface area contributed by atoms with Gasteiger partial charge in [-0.05, 0) is 24.1 Å². The van der Waals surface area contributed by atoms with Gasteiger partial charge in [-0.15, -0.1) is 0 Å². The molecule has 1 N–H and O–H groups in total. The number of aromatic nitrogens is 1. The van der Waals surface area contributed by atoms with E-state index in [1.807, 2.05) is 30.3 Å². The van der Waals surface area contributed by atoms with E-state index >= 15 is 0 Å². The number of rotatable bonds is 5. The first-order valence-corrected chi connectivity index (χ1v) is 8.44. The van der Waals surface area contributed by atoms with Gasteiger partial charge < -0.3 is 14.8 Å². The molecule has 0 spiro atoms. The van der Waals surface area contributed by atoms with E-state index in [2.05, 4.69) is 5.32 Å². The summed E-state index contributed by atoms with van der Waals surface area (Å²) in [6.45, 7) is 0.420. The molecule has 0 unspecified atom stereocenters. The third-order valence-electron chi connectivity index (χ3n) is 4.53. The SMILES string of the molecule is Cn1cccc1C(=O)N1C[C@@H](F)C[C@H]1C(=O)NCCc1ccccc1. The number of amides is 2. The van der Waals surface area contributed by atoms with Crippen molar-refractivity contribution in [3.8, 4) is 0 Å². The van der Waals surface area contributed by atoms with Gasteiger partial charge in [0.15, 0.2) is 0 Å². The maximum Gasteiger partial charge on any atom is 0.271 e. The summed E-state index contributed by atoms with van der Waals surface area (Å²) in [5.74, 6) is -0.602. The van der Waals surface area contributed by atoms with Crippen molar-refractivity contribution in [1.29, 1.82) is 0 Å². The fourth-order valence-electron chi connectivity index (χ4n) is 3.18. The van der Waals surface area contributed by atoms with Gasteiger partial charge in [0.25, 0.3) is 5.91 Å². The Labute approximate surface area is 146 Å². The Balaban J connectivity index is 1.62. The van der Waals surface area contributed by atoms with Crippen LogP contribution in [0.2, 0.25) is 0 Å². The molecule has 132 valence electrons. The van der Waals surface area contributed by atoms with Crippen LogP contribution in [0.3, 0.4) is 0 Å². The molecule has 2 heterocycles. The van der Waals surface area contributed by atoms with Crippen molar-refractivity contribution in [2.75, 3.05) is 13.1 Å². The van der Waals surface area contributed by atoms with Crippen LogP contribution in [0.25, 0.3) is 0 Å². The molecular formula is C19H22FN3O2. The van der Waals surface area contributed by atoms with E-state index in [1.54, 1.807) is 29.9 Å². The van der Waals surface area contributed by atoms with Gasteiger partial charge in [-0.25, -0.2) is 4.39 Å². The molecular weight excluding hydrogens is 321 g/mol. The van der Waals surface area contributed by atoms with Gasteiger partial charge in [0, 0.05) is 26.2 Å². The molecule has 0 bridgehead atoms. The van der Waals surface area contributed by atoms with E-state index in [9.17, 15) is 14.0 Å². The second-order valence-corrected chi connectivity index (χ2v) is 6.34. The summed E-state index contributed by atoms with van der Waals surface area (Å²) in [6, 6.07) is 12.5. The van der Waals surface area contributed by atoms with Crippen LogP contribution in [0.4, 0.5) is 4.39 Å². The van der Waals surface area contributed by atoms with Gasteiger partial charge in [-0.1, -0.05) is 30.3 Å². The zero-order valence-electron chi connectivity index (χ0n) is 14.2. The quantitative estimate of drug-likeness (QED) is 0.902. The van der Waals surface area contributed by atoms with Crippen LogP contribution in [-0.4, -0.2) is 46.6 Å². The number of carbonyl (C=O) groups excluding carboxylic acids is 2. The molecule has 1 fully saturated rings. The van der Waals surface area contributed by atoms with Crippen LogP contribution in [0.15, 0.2) is 48.7 Å². The maximum absolute atomic E-state index is 13.9. The highest BCUT2D eigenvalue weighted by atomic mass is 19.1. The Bertz CT molecular complexity index is 744. The largest absolute Gasteiger partial charge is 0.354 e. The van der Waals surface area contributed by atoms with Crippen LogP contribution in [-0.2, 0) is 18.3 Å². The summed E-state index contributed by atoms with van der Waals surface area (Å²) in [5.41, 5.74) is 1.57. The summed E-state index contributed by atoms with van der Waals surface area (Å²) in [4.78, 5) is 26.5. The van der Waals surface area contributed by atoms with Crippen molar-refractivity contribution < 1.29 is 14.0 Å². The third-order valence-corrected chi connectivity index (χ3v) is 4.53. The Morgan fingerprint density at radius 2 is 1.96 bits per heavy atom. The molecule has 3 rings (SSSR count). The predicted octanol–water partition coefficient (Wildman–Crippen LogP) is 1.94. The van der Waals surface area contributed by atoms with Gasteiger partial charge in [0.1, 0.15) is 17.9 Å². The summed E-state index contributed by atoms with van der Waals surface area (Å²) in [7, 11) is 1.76. The van der Waals surface area contributed by atoms with Crippen molar-refractivity contribution in [2.24, 2.45) is 7.05 Å². The summed E-state index contributed by atoms with van der Waals surface area (Å²) >= 11 is 0. The number of hydrogen-bond donors (Lipinski definition) is 1. The normalized spacial score (nSPS) is 19.8. The average molecular weight is 343 g/mol. The maximum atomic E-state index is 13.9. The van der Waals surface area contributed by atoms with E-state index < -0.39 is 12.2 Å². The fourth-order valence-corrected chi connectivity index (χ4v) is 3.18. The van der Waals surface area contributed by atoms with Gasteiger partial charge in [0.2, 0.25) is 5.91 Å². The zero-order chi connectivity index (χ0) is 17.8. The topological polar surface area (TPSA) is 54.3 Å². The van der Waals surface area contributed by atoms with Crippen LogP contribution in [0.5, 0.6) is 0 Å². The lowest BCUT2D eigenvalue weighted by Crippen LogP contribution is -2.46. The van der Waals surface area contributed by atoms with Crippen molar-refractivity contribution in [1.82, 2.24) is 14.8 Å². The zero-order valence-corrected chi connectivity index (χ0v) is 14.2. The molecule has 1 aromatic heterocycles. The predicted molar refractivity (Wildman–Crippen MR) is 92.9 cm³/mol. The minimum absolute atomic E-state index is 0.0409. The number of likely N-dealkylation sites (tertiary alicyclic amines) is 1. The summed E-state index contributed by atoms with van der Waals surface area (Å²) in [5, 5.41) is 2.83. The molecule has 2 amide bonds. The van der Waals surface area contributed by atoms with Gasteiger partial charge in [-0.2, -0.15) is 0 Å². The number of benzene rings is 1. The number of alkyl halides is 1. The number of carbonyl (C=O) groups is 2. The highest BCUT2D eigenvalue weighted by Crippen LogP contribution is 2.23. The van der Waals surface area contributed by atoms with Crippen LogP contribution < -0.4 is 5.32 Å². The molecule has 1 saturated heterocycles. The molecule has 1 aliphatic rings. The number of nitrogens with one attached hydrogen (secondary N) is 1. The standard InChI is InChI=1S/C19H22FN3O2/c1-22-11-5-8-16(22)19(25)23-13-15(20)12-17(23)18(24)21-10-9-14-6-3-2-4-7-14/h2-8,11,15,17H,9-10,12-13H2,1H3,(H,21,24)/t15-,17-/m0/s1. The number of aryl methyl sites for hydroxylation is 1. The molecule has 1 aromatic carbocycles. The highest BCUT2D eigenvalue weighted by molar-refractivity contribution is 5.97. The van der Waals surface area contributed by atoms with E-state index in [4.69, 9.17) is 0 Å². The molecule has 5 nitrogen and oxygen atoms in total. The Morgan fingerprint density at radius 3 is 2.64 bits per heavy atom. The number of nitrogens with zero attached hydrogens (tertiary/aromatic N) is 2. The summed E-state index contributed by atoms with van der Waals surface area (Å²) < 4.78 is 15.6. The number of hydrogen-bond acceptors (Lipinski definition) is 2. The first-order chi connectivity index (χ1) is 12.1. The molecule has 6 heteroatoms. The van der Waals surface area contributed by atoms with Gasteiger partial charge in [0.05, 0.1) is 6.54 Å². The first-order valence-electron chi connectivity index (χ1n) is 8.44. The second-order valence-electron chi connectivity index (χ2n) is 6.34. The number of halogens is 1. The molecule has 0 saturated carbocycles. The van der Waals surface area contributed by atoms with Crippen molar-refractivity contribution in [3.63, 3.8) is 0 Å². The lowest BCUT2D eigenvalue weighted by Gasteiger charge is -2.23. The van der Waals surface area contributed by atoms with E-state index in [0.29, 0.717) is 18.7 Å². The third kappa shape index (κ3) is 3.90. The van der Waals surface area contributed by atoms with Crippen LogP contribution >= 0.6 is 0 Å². The molecule has 25 heavy (non-hydrogen) atoms.